The third-order valence-corrected chi connectivity index (χ3v) is 5.05. The Morgan fingerprint density at radius 1 is 1.19 bits per heavy atom. The lowest BCUT2D eigenvalue weighted by atomic mass is 9.97. The molecule has 3 N–H and O–H groups in total. The maximum atomic E-state index is 12.3. The van der Waals surface area contributed by atoms with Crippen LogP contribution in [0.1, 0.15) is 25.0 Å². The number of rotatable bonds is 8. The predicted octanol–water partition coefficient (Wildman–Crippen LogP) is 3.25. The van der Waals surface area contributed by atoms with E-state index in [-0.39, 0.29) is 23.4 Å². The zero-order valence-corrected chi connectivity index (χ0v) is 16.8. The topological polar surface area (TPSA) is 64.6 Å². The summed E-state index contributed by atoms with van der Waals surface area (Å²) in [6.45, 7) is 4.61. The summed E-state index contributed by atoms with van der Waals surface area (Å²) in [6.07, 6.45) is 1.60. The molecule has 2 rings (SSSR count). The number of thiophene rings is 1. The minimum Gasteiger partial charge on any atom is -0.508 e. The van der Waals surface area contributed by atoms with E-state index in [1.807, 2.05) is 40.1 Å². The van der Waals surface area contributed by atoms with E-state index in [1.54, 1.807) is 23.5 Å². The van der Waals surface area contributed by atoms with Crippen molar-refractivity contribution in [1.29, 1.82) is 0 Å². The van der Waals surface area contributed by atoms with Crippen LogP contribution < -0.4 is 10.6 Å². The average molecular weight is 376 g/mol. The molecule has 0 spiro atoms. The van der Waals surface area contributed by atoms with E-state index in [0.717, 1.165) is 18.4 Å². The first-order valence-corrected chi connectivity index (χ1v) is 9.71. The van der Waals surface area contributed by atoms with Gasteiger partial charge in [0.2, 0.25) is 0 Å². The molecule has 2 amide bonds. The zero-order chi connectivity index (χ0) is 19.2. The van der Waals surface area contributed by atoms with E-state index in [1.165, 1.54) is 5.56 Å². The molecule has 0 saturated carbocycles. The molecule has 0 aliphatic carbocycles. The summed E-state index contributed by atoms with van der Waals surface area (Å²) in [5.41, 5.74) is 2.05. The van der Waals surface area contributed by atoms with Crippen molar-refractivity contribution in [3.8, 4) is 5.75 Å². The Morgan fingerprint density at radius 3 is 2.46 bits per heavy atom. The number of carbonyl (C=O) groups is 1. The number of nitrogens with one attached hydrogen (secondary N) is 2. The van der Waals surface area contributed by atoms with Gasteiger partial charge in [0, 0.05) is 18.1 Å². The van der Waals surface area contributed by atoms with E-state index >= 15 is 0 Å². The largest absolute Gasteiger partial charge is 0.508 e. The van der Waals surface area contributed by atoms with Gasteiger partial charge in [-0.05, 0) is 80.9 Å². The highest BCUT2D eigenvalue weighted by atomic mass is 32.1. The van der Waals surface area contributed by atoms with E-state index in [2.05, 4.69) is 32.4 Å². The Hall–Kier alpha value is -2.05. The molecule has 1 aromatic carbocycles. The van der Waals surface area contributed by atoms with E-state index < -0.39 is 0 Å². The number of phenols is 1. The van der Waals surface area contributed by atoms with Crippen LogP contribution in [-0.2, 0) is 12.8 Å². The highest BCUT2D eigenvalue weighted by molar-refractivity contribution is 7.07. The molecule has 1 aromatic heterocycles. The van der Waals surface area contributed by atoms with Gasteiger partial charge in [-0.25, -0.2) is 4.79 Å². The molecule has 1 heterocycles. The van der Waals surface area contributed by atoms with Crippen molar-refractivity contribution in [3.05, 3.63) is 52.2 Å². The quantitative estimate of drug-likeness (QED) is 0.664. The summed E-state index contributed by atoms with van der Waals surface area (Å²) in [6, 6.07) is 9.31. The minimum absolute atomic E-state index is 0.150. The summed E-state index contributed by atoms with van der Waals surface area (Å²) in [4.78, 5) is 14.4. The number of hydrogen-bond donors (Lipinski definition) is 3. The molecule has 0 aliphatic rings. The molecular formula is C20H29N3O2S. The third-order valence-electron chi connectivity index (χ3n) is 4.31. The predicted molar refractivity (Wildman–Crippen MR) is 108 cm³/mol. The number of likely N-dealkylation sites (N-methyl/N-ethyl adjacent to an activating group) is 1. The Kier molecular flexibility index (Phi) is 7.06. The van der Waals surface area contributed by atoms with E-state index in [0.29, 0.717) is 6.54 Å². The zero-order valence-electron chi connectivity index (χ0n) is 16.0. The van der Waals surface area contributed by atoms with Gasteiger partial charge in [-0.2, -0.15) is 11.3 Å². The monoisotopic (exact) mass is 375 g/mol. The van der Waals surface area contributed by atoms with Crippen molar-refractivity contribution in [2.24, 2.45) is 0 Å². The lowest BCUT2D eigenvalue weighted by Crippen LogP contribution is -2.52. The van der Waals surface area contributed by atoms with Gasteiger partial charge in [-0.3, -0.25) is 0 Å². The molecule has 0 bridgehead atoms. The fourth-order valence-electron chi connectivity index (χ4n) is 2.85. The van der Waals surface area contributed by atoms with Crippen molar-refractivity contribution >= 4 is 17.4 Å². The Morgan fingerprint density at radius 2 is 1.88 bits per heavy atom. The third kappa shape index (κ3) is 6.69. The second kappa shape index (κ2) is 9.05. The lowest BCUT2D eigenvalue weighted by Gasteiger charge is -2.28. The Bertz CT molecular complexity index is 682. The first-order valence-electron chi connectivity index (χ1n) is 8.76. The van der Waals surface area contributed by atoms with Crippen LogP contribution in [0.25, 0.3) is 0 Å². The molecule has 5 nitrogen and oxygen atoms in total. The van der Waals surface area contributed by atoms with Crippen molar-refractivity contribution < 1.29 is 9.90 Å². The number of benzene rings is 1. The van der Waals surface area contributed by atoms with Crippen molar-refractivity contribution in [1.82, 2.24) is 15.5 Å². The smallest absolute Gasteiger partial charge is 0.315 e. The molecule has 1 atom stereocenters. The maximum absolute atomic E-state index is 12.3. The second-order valence-electron chi connectivity index (χ2n) is 7.52. The van der Waals surface area contributed by atoms with Gasteiger partial charge in [0.15, 0.2) is 0 Å². The highest BCUT2D eigenvalue weighted by Gasteiger charge is 2.22. The van der Waals surface area contributed by atoms with Gasteiger partial charge < -0.3 is 20.6 Å². The van der Waals surface area contributed by atoms with Gasteiger partial charge in [-0.1, -0.05) is 12.1 Å². The average Bonchev–Trinajstić information content (AvgIpc) is 3.04. The summed E-state index contributed by atoms with van der Waals surface area (Å²) in [7, 11) is 4.01. The highest BCUT2D eigenvalue weighted by Crippen LogP contribution is 2.15. The molecule has 142 valence electrons. The number of amides is 2. The van der Waals surface area contributed by atoms with Gasteiger partial charge in [0.25, 0.3) is 0 Å². The Labute approximate surface area is 160 Å². The number of aromatic hydroxyl groups is 1. The first kappa shape index (κ1) is 20.3. The van der Waals surface area contributed by atoms with Crippen molar-refractivity contribution in [3.63, 3.8) is 0 Å². The van der Waals surface area contributed by atoms with Gasteiger partial charge in [0.05, 0.1) is 0 Å². The number of phenolic OH excluding ortho intramolecular Hbond substituents is 1. The fraction of sp³-hybridized carbons (Fsp3) is 0.450. The van der Waals surface area contributed by atoms with Crippen LogP contribution in [-0.4, -0.2) is 48.3 Å². The molecule has 1 unspecified atom stereocenters. The number of urea groups is 1. The number of nitrogens with zero attached hydrogens (tertiary/aromatic N) is 1. The van der Waals surface area contributed by atoms with Crippen LogP contribution >= 0.6 is 11.3 Å². The van der Waals surface area contributed by atoms with Crippen LogP contribution in [0.2, 0.25) is 0 Å². The molecule has 0 aliphatic heterocycles. The van der Waals surface area contributed by atoms with Crippen LogP contribution in [0.3, 0.4) is 0 Å². The van der Waals surface area contributed by atoms with Crippen LogP contribution in [0.4, 0.5) is 4.79 Å². The molecule has 2 aromatic rings. The summed E-state index contributed by atoms with van der Waals surface area (Å²) < 4.78 is 0. The standard InChI is InChI=1S/C20H29N3O2S/c1-20(2,12-16-9-10-26-14-16)22-19(25)21-13-17(23(3)4)11-15-5-7-18(24)8-6-15/h5-10,14,17,24H,11-13H2,1-4H3,(H2,21,22,25). The van der Waals surface area contributed by atoms with Crippen LogP contribution in [0.15, 0.2) is 41.1 Å². The maximum Gasteiger partial charge on any atom is 0.315 e. The van der Waals surface area contributed by atoms with Gasteiger partial charge in [-0.15, -0.1) is 0 Å². The van der Waals surface area contributed by atoms with Crippen molar-refractivity contribution in [2.75, 3.05) is 20.6 Å². The summed E-state index contributed by atoms with van der Waals surface area (Å²) in [5, 5.41) is 19.6. The molecule has 26 heavy (non-hydrogen) atoms. The lowest BCUT2D eigenvalue weighted by molar-refractivity contribution is 0.222. The summed E-state index contributed by atoms with van der Waals surface area (Å²) >= 11 is 1.67. The van der Waals surface area contributed by atoms with Gasteiger partial charge in [0.1, 0.15) is 5.75 Å². The molecule has 0 fully saturated rings. The normalized spacial score (nSPS) is 12.8. The van der Waals surface area contributed by atoms with E-state index in [9.17, 15) is 9.90 Å². The molecule has 6 heteroatoms. The Balaban J connectivity index is 1.85. The van der Waals surface area contributed by atoms with Crippen LogP contribution in [0, 0.1) is 0 Å². The minimum atomic E-state index is -0.310. The SMILES string of the molecule is CN(C)C(CNC(=O)NC(C)(C)Cc1ccsc1)Cc1ccc(O)cc1. The molecular weight excluding hydrogens is 346 g/mol. The van der Waals surface area contributed by atoms with E-state index in [4.69, 9.17) is 0 Å². The second-order valence-corrected chi connectivity index (χ2v) is 8.30. The van der Waals surface area contributed by atoms with Gasteiger partial charge >= 0.3 is 6.03 Å². The molecule has 0 radical (unpaired) electrons. The number of carbonyl (C=O) groups excluding carboxylic acids is 1. The van der Waals surface area contributed by atoms with Crippen molar-refractivity contribution in [2.45, 2.75) is 38.3 Å². The number of hydrogen-bond acceptors (Lipinski definition) is 4. The van der Waals surface area contributed by atoms with Crippen LogP contribution in [0.5, 0.6) is 5.75 Å². The fourth-order valence-corrected chi connectivity index (χ4v) is 3.52. The molecule has 0 saturated heterocycles. The summed E-state index contributed by atoms with van der Waals surface area (Å²) in [5.74, 6) is 0.264. The first-order chi connectivity index (χ1) is 12.2.